The largest absolute Gasteiger partial charge is 0.490 e. The molecule has 1 saturated heterocycles. The van der Waals surface area contributed by atoms with Crippen LogP contribution in [0, 0.1) is 5.92 Å². The molecule has 3 N–H and O–H groups in total. The number of aliphatic carboxylic acids is 1. The van der Waals surface area contributed by atoms with Crippen LogP contribution in [0.3, 0.4) is 0 Å². The summed E-state index contributed by atoms with van der Waals surface area (Å²) < 4.78 is 71.1. The molecule has 1 aromatic heterocycles. The van der Waals surface area contributed by atoms with Gasteiger partial charge in [0, 0.05) is 31.5 Å². The maximum Gasteiger partial charge on any atom is 0.490 e. The Kier molecular flexibility index (Phi) is 11.9. The average Bonchev–Trinajstić information content (AvgIpc) is 2.95. The lowest BCUT2D eigenvalue weighted by Gasteiger charge is -2.22. The van der Waals surface area contributed by atoms with Gasteiger partial charge in [0.05, 0.1) is 20.0 Å². The van der Waals surface area contributed by atoms with E-state index in [-0.39, 0.29) is 37.4 Å². The monoisotopic (exact) mass is 683 g/mol. The molecule has 0 aliphatic carbocycles. The van der Waals surface area contributed by atoms with E-state index in [2.05, 4.69) is 15.0 Å². The van der Waals surface area contributed by atoms with Crippen molar-refractivity contribution >= 4 is 62.4 Å². The van der Waals surface area contributed by atoms with Gasteiger partial charge in [0.2, 0.25) is 5.88 Å². The highest BCUT2D eigenvalue weighted by Gasteiger charge is 2.38. The molecule has 1 aliphatic heterocycles. The molecule has 232 valence electrons. The number of amides is 1. The molecule has 0 unspecified atom stereocenters. The van der Waals surface area contributed by atoms with Gasteiger partial charge < -0.3 is 19.9 Å². The van der Waals surface area contributed by atoms with Crippen molar-refractivity contribution in [1.29, 1.82) is 0 Å². The topological polar surface area (TPSA) is 144 Å². The molecule has 3 aromatic rings. The number of carboxylic acids is 1. The van der Waals surface area contributed by atoms with Crippen LogP contribution in [0.4, 0.5) is 18.9 Å². The van der Waals surface area contributed by atoms with Crippen LogP contribution in [0.15, 0.2) is 59.6 Å². The van der Waals surface area contributed by atoms with E-state index in [4.69, 9.17) is 54.2 Å². The summed E-state index contributed by atoms with van der Waals surface area (Å²) in [6, 6.07) is 11.7. The maximum atomic E-state index is 12.9. The maximum absolute atomic E-state index is 12.9. The van der Waals surface area contributed by atoms with Crippen LogP contribution < -0.4 is 14.8 Å². The number of aromatic nitrogens is 1. The van der Waals surface area contributed by atoms with Gasteiger partial charge in [-0.2, -0.15) is 13.2 Å². The summed E-state index contributed by atoms with van der Waals surface area (Å²) in [7, 11) is -4.05. The summed E-state index contributed by atoms with van der Waals surface area (Å²) in [6.07, 6.45) is -1.90. The molecule has 1 fully saturated rings. The second-order valence-electron chi connectivity index (χ2n) is 8.88. The molecule has 10 nitrogen and oxygen atoms in total. The number of rotatable bonds is 8. The zero-order valence-corrected chi connectivity index (χ0v) is 24.9. The molecule has 2 heterocycles. The molecule has 0 bridgehead atoms. The quantitative estimate of drug-likeness (QED) is 0.247. The number of carbonyl (C=O) groups excluding carboxylic acids is 1. The molecular formula is C26H23Cl3F3N3O7S. The number of benzene rings is 2. The summed E-state index contributed by atoms with van der Waals surface area (Å²) in [5.74, 6) is -2.21. The summed E-state index contributed by atoms with van der Waals surface area (Å²) in [6.45, 7) is 2.03. The van der Waals surface area contributed by atoms with Crippen LogP contribution in [0.1, 0.15) is 23.2 Å². The van der Waals surface area contributed by atoms with Crippen LogP contribution in [-0.2, 0) is 19.6 Å². The number of carboxylic acid groups (broad SMARTS) is 1. The molecular weight excluding hydrogens is 662 g/mol. The molecule has 1 aliphatic rings. The molecule has 43 heavy (non-hydrogen) atoms. The van der Waals surface area contributed by atoms with E-state index in [0.717, 1.165) is 26.1 Å². The van der Waals surface area contributed by atoms with E-state index in [0.29, 0.717) is 23.8 Å². The minimum Gasteiger partial charge on any atom is -0.475 e. The molecule has 17 heteroatoms. The third-order valence-electron chi connectivity index (χ3n) is 5.73. The Morgan fingerprint density at radius 2 is 1.65 bits per heavy atom. The highest BCUT2D eigenvalue weighted by Crippen LogP contribution is 2.32. The Hall–Kier alpha value is -3.30. The van der Waals surface area contributed by atoms with Crippen molar-refractivity contribution < 1.29 is 45.8 Å². The molecule has 2 aromatic carbocycles. The first kappa shape index (κ1) is 34.2. The predicted molar refractivity (Wildman–Crippen MR) is 153 cm³/mol. The summed E-state index contributed by atoms with van der Waals surface area (Å²) in [4.78, 5) is 25.4. The summed E-state index contributed by atoms with van der Waals surface area (Å²) >= 11 is 17.9. The number of ether oxygens (including phenoxy) is 2. The van der Waals surface area contributed by atoms with Gasteiger partial charge in [0.15, 0.2) is 0 Å². The third-order valence-corrected chi connectivity index (χ3v) is 8.04. The summed E-state index contributed by atoms with van der Waals surface area (Å²) in [5, 5.41) is 10.6. The van der Waals surface area contributed by atoms with Gasteiger partial charge in [-0.1, -0.05) is 34.8 Å². The molecule has 0 radical (unpaired) electrons. The van der Waals surface area contributed by atoms with Crippen molar-refractivity contribution in [2.75, 3.05) is 24.5 Å². The van der Waals surface area contributed by atoms with E-state index >= 15 is 0 Å². The van der Waals surface area contributed by atoms with Gasteiger partial charge in [0.25, 0.3) is 15.9 Å². The highest BCUT2D eigenvalue weighted by atomic mass is 35.5. The fourth-order valence-corrected chi connectivity index (χ4v) is 5.10. The van der Waals surface area contributed by atoms with Crippen LogP contribution in [0.2, 0.25) is 15.1 Å². The van der Waals surface area contributed by atoms with Crippen molar-refractivity contribution in [1.82, 2.24) is 10.3 Å². The van der Waals surface area contributed by atoms with Crippen molar-refractivity contribution in [3.63, 3.8) is 0 Å². The number of hydrogen-bond donors (Lipinski definition) is 3. The molecule has 1 amide bonds. The fourth-order valence-electron chi connectivity index (χ4n) is 3.50. The number of nitrogens with one attached hydrogen (secondary N) is 2. The van der Waals surface area contributed by atoms with Gasteiger partial charge >= 0.3 is 12.1 Å². The third kappa shape index (κ3) is 10.4. The highest BCUT2D eigenvalue weighted by molar-refractivity contribution is 7.92. The molecule has 0 spiro atoms. The van der Waals surface area contributed by atoms with Gasteiger partial charge in [-0.3, -0.25) is 9.52 Å². The first-order valence-corrected chi connectivity index (χ1v) is 14.8. The lowest BCUT2D eigenvalue weighted by atomic mass is 10.0. The Labute approximate surface area is 259 Å². The van der Waals surface area contributed by atoms with E-state index in [9.17, 15) is 26.4 Å². The number of sulfonamides is 1. The smallest absolute Gasteiger partial charge is 0.475 e. The Bertz CT molecular complexity index is 1550. The molecule has 4 rings (SSSR count). The van der Waals surface area contributed by atoms with Crippen molar-refractivity contribution in [3.8, 4) is 11.6 Å². The van der Waals surface area contributed by atoms with Crippen molar-refractivity contribution in [3.05, 3.63) is 75.4 Å². The number of anilines is 1. The van der Waals surface area contributed by atoms with Crippen LogP contribution in [0.5, 0.6) is 11.6 Å². The standard InChI is InChI=1S/C24H22Cl3N3O5S.C2HF3O2/c25-17-11-22(30-36(32,33)19-5-6-20(26)21(27)12-19)24(29-14-17)35-18-3-1-16(2-4-18)23(31)28-13-15-7-9-34-10-8-15;3-2(4,5)1(6)7/h1-6,11-12,14-15,30H,7-10,13H2,(H,28,31);(H,6,7). The zero-order valence-electron chi connectivity index (χ0n) is 21.8. The number of pyridine rings is 1. The SMILES string of the molecule is O=C(NCC1CCOCC1)c1ccc(Oc2ncc(Cl)cc2NS(=O)(=O)c2ccc(Cl)c(Cl)c2)cc1.O=C(O)C(F)(F)F. The van der Waals surface area contributed by atoms with Gasteiger partial charge in [-0.25, -0.2) is 18.2 Å². The predicted octanol–water partition coefficient (Wildman–Crippen LogP) is 6.42. The fraction of sp³-hybridized carbons (Fsp3) is 0.269. The van der Waals surface area contributed by atoms with Gasteiger partial charge in [0.1, 0.15) is 11.4 Å². The average molecular weight is 685 g/mol. The normalized spacial score (nSPS) is 13.8. The zero-order chi connectivity index (χ0) is 31.8. The Morgan fingerprint density at radius 3 is 2.23 bits per heavy atom. The van der Waals surface area contributed by atoms with Crippen LogP contribution >= 0.6 is 34.8 Å². The number of hydrogen-bond acceptors (Lipinski definition) is 7. The van der Waals surface area contributed by atoms with Crippen LogP contribution in [-0.4, -0.2) is 56.3 Å². The first-order chi connectivity index (χ1) is 20.2. The van der Waals surface area contributed by atoms with Crippen molar-refractivity contribution in [2.45, 2.75) is 23.9 Å². The van der Waals surface area contributed by atoms with E-state index < -0.39 is 22.2 Å². The first-order valence-electron chi connectivity index (χ1n) is 12.2. The Balaban J connectivity index is 0.000000646. The molecule has 0 saturated carbocycles. The van der Waals surface area contributed by atoms with E-state index in [1.807, 2.05) is 0 Å². The minimum atomic E-state index is -5.08. The Morgan fingerprint density at radius 1 is 1.02 bits per heavy atom. The summed E-state index contributed by atoms with van der Waals surface area (Å²) in [5.41, 5.74) is 0.492. The lowest BCUT2D eigenvalue weighted by Crippen LogP contribution is -2.32. The number of halogens is 6. The number of nitrogens with zero attached hydrogens (tertiary/aromatic N) is 1. The van der Waals surface area contributed by atoms with Crippen LogP contribution in [0.25, 0.3) is 0 Å². The number of alkyl halides is 3. The number of carbonyl (C=O) groups is 2. The second kappa shape index (κ2) is 14.9. The minimum absolute atomic E-state index is 0.0202. The lowest BCUT2D eigenvalue weighted by molar-refractivity contribution is -0.192. The second-order valence-corrected chi connectivity index (χ2v) is 11.8. The van der Waals surface area contributed by atoms with E-state index in [1.54, 1.807) is 24.3 Å². The van der Waals surface area contributed by atoms with Crippen molar-refractivity contribution in [2.24, 2.45) is 5.92 Å². The molecule has 0 atom stereocenters. The van der Waals surface area contributed by atoms with Gasteiger partial charge in [-0.05, 0) is 67.3 Å². The van der Waals surface area contributed by atoms with E-state index in [1.165, 1.54) is 30.5 Å². The van der Waals surface area contributed by atoms with Gasteiger partial charge in [-0.15, -0.1) is 0 Å².